The molecule has 2 aromatic heterocycles. The Morgan fingerprint density at radius 3 is 2.71 bits per heavy atom. The van der Waals surface area contributed by atoms with Crippen LogP contribution in [0.1, 0.15) is 12.8 Å². The lowest BCUT2D eigenvalue weighted by atomic mass is 10.1. The number of nitrogens with zero attached hydrogens (tertiary/aromatic N) is 3. The van der Waals surface area contributed by atoms with Crippen LogP contribution in [0.25, 0.3) is 11.2 Å². The van der Waals surface area contributed by atoms with Gasteiger partial charge in [0, 0.05) is 7.11 Å². The van der Waals surface area contributed by atoms with Crippen LogP contribution in [0.4, 0.5) is 5.82 Å². The third-order valence-corrected chi connectivity index (χ3v) is 4.26. The van der Waals surface area contributed by atoms with Crippen LogP contribution in [0.3, 0.4) is 0 Å². The van der Waals surface area contributed by atoms with Crippen molar-refractivity contribution in [1.29, 1.82) is 0 Å². The van der Waals surface area contributed by atoms with Crippen molar-refractivity contribution in [2.24, 2.45) is 0 Å². The van der Waals surface area contributed by atoms with Crippen molar-refractivity contribution < 1.29 is 24.9 Å². The summed E-state index contributed by atoms with van der Waals surface area (Å²) >= 11 is 0. The van der Waals surface area contributed by atoms with Crippen LogP contribution in [0.5, 0.6) is 0 Å². The molecule has 2 fully saturated rings. The third kappa shape index (κ3) is 5.81. The molecule has 0 aromatic carbocycles. The Kier molecular flexibility index (Phi) is 8.47. The number of hydrogen-bond acceptors (Lipinski definition) is 10. The van der Waals surface area contributed by atoms with E-state index in [-0.39, 0.29) is 11.9 Å². The monoisotopic (exact) mass is 397 g/mol. The highest BCUT2D eigenvalue weighted by Crippen LogP contribution is 2.11. The second-order valence-electron chi connectivity index (χ2n) is 6.28. The molecule has 12 nitrogen and oxygen atoms in total. The predicted octanol–water partition coefficient (Wildman–Crippen LogP) is -2.48. The summed E-state index contributed by atoms with van der Waals surface area (Å²) in [5.74, 6) is 0.218. The first-order chi connectivity index (χ1) is 13.5. The molecule has 0 saturated carbocycles. The lowest BCUT2D eigenvalue weighted by Crippen LogP contribution is -2.52. The number of amides is 1. The number of ether oxygens (including phenoxy) is 1. The number of carbonyl (C=O) groups excluding carboxylic acids is 1. The number of anilines is 1. The number of hydrogen-bond donors (Lipinski definition) is 7. The van der Waals surface area contributed by atoms with Crippen molar-refractivity contribution in [3.05, 3.63) is 12.7 Å². The van der Waals surface area contributed by atoms with E-state index in [0.29, 0.717) is 49.6 Å². The molecule has 2 aliphatic heterocycles. The van der Waals surface area contributed by atoms with Gasteiger partial charge in [0.25, 0.3) is 0 Å². The van der Waals surface area contributed by atoms with E-state index in [1.807, 2.05) is 0 Å². The van der Waals surface area contributed by atoms with E-state index >= 15 is 0 Å². The molecular formula is C16H27N7O5. The molecule has 8 N–H and O–H groups in total. The first-order valence-corrected chi connectivity index (χ1v) is 8.86. The van der Waals surface area contributed by atoms with Crippen LogP contribution < -0.4 is 16.4 Å². The molecule has 4 rings (SSSR count). The number of aromatic nitrogens is 4. The van der Waals surface area contributed by atoms with Gasteiger partial charge in [-0.15, -0.1) is 0 Å². The van der Waals surface area contributed by atoms with E-state index in [2.05, 4.69) is 30.6 Å². The molecule has 0 radical (unpaired) electrons. The first kappa shape index (κ1) is 21.9. The summed E-state index contributed by atoms with van der Waals surface area (Å²) in [6, 6.07) is -0.690. The number of rotatable bonds is 2. The van der Waals surface area contributed by atoms with Gasteiger partial charge in [-0.25, -0.2) is 15.0 Å². The molecule has 2 aromatic rings. The molecular weight excluding hydrogens is 370 g/mol. The largest absolute Gasteiger partial charge is 0.400 e. The van der Waals surface area contributed by atoms with Crippen LogP contribution >= 0.6 is 0 Å². The Balaban J connectivity index is 0.000000200. The number of aromatic amines is 1. The lowest BCUT2D eigenvalue weighted by Gasteiger charge is -2.28. The standard InChI is InChI=1S/C10H18N2O4.C5H5N5.CH4O/c13-7-3-6(4-16-5-7)12-10(15)9-8(14)1-2-11-9;6-4-3-5(9-1-7-3)10-2-8-4;1-2/h6-9,11,13-14H,1-5H2,(H,12,15);1-2H,(H3,6,7,8,9,10);2H,1H3/t6?,7?,8?,9-;;/m0../s1. The third-order valence-electron chi connectivity index (χ3n) is 4.26. The van der Waals surface area contributed by atoms with Gasteiger partial charge in [-0.1, -0.05) is 0 Å². The number of imidazole rings is 1. The normalized spacial score (nSPS) is 26.6. The number of carbonyl (C=O) groups is 1. The number of fused-ring (bicyclic) bond motifs is 1. The average Bonchev–Trinajstić information content (AvgIpc) is 3.33. The maximum absolute atomic E-state index is 11.8. The number of nitrogen functional groups attached to an aromatic ring is 1. The molecule has 3 unspecified atom stereocenters. The van der Waals surface area contributed by atoms with Crippen molar-refractivity contribution in [3.8, 4) is 0 Å². The molecule has 156 valence electrons. The number of aliphatic hydroxyl groups is 3. The molecule has 2 aliphatic rings. The fourth-order valence-corrected chi connectivity index (χ4v) is 2.94. The molecule has 28 heavy (non-hydrogen) atoms. The summed E-state index contributed by atoms with van der Waals surface area (Å²) in [6.07, 6.45) is 2.90. The Morgan fingerprint density at radius 2 is 2.07 bits per heavy atom. The Morgan fingerprint density at radius 1 is 1.29 bits per heavy atom. The molecule has 2 saturated heterocycles. The minimum atomic E-state index is -0.616. The highest BCUT2D eigenvalue weighted by atomic mass is 16.5. The van der Waals surface area contributed by atoms with Crippen molar-refractivity contribution >= 4 is 22.9 Å². The molecule has 0 spiro atoms. The molecule has 1 amide bonds. The van der Waals surface area contributed by atoms with Crippen molar-refractivity contribution in [1.82, 2.24) is 30.6 Å². The average molecular weight is 397 g/mol. The zero-order valence-corrected chi connectivity index (χ0v) is 15.6. The van der Waals surface area contributed by atoms with E-state index < -0.39 is 18.2 Å². The van der Waals surface area contributed by atoms with Gasteiger partial charge in [0.15, 0.2) is 11.5 Å². The molecule has 0 aliphatic carbocycles. The number of H-pyrrole nitrogens is 1. The lowest BCUT2D eigenvalue weighted by molar-refractivity contribution is -0.127. The van der Waals surface area contributed by atoms with E-state index in [1.54, 1.807) is 0 Å². The van der Waals surface area contributed by atoms with E-state index in [4.69, 9.17) is 15.6 Å². The topological polar surface area (TPSA) is 192 Å². The summed E-state index contributed by atoms with van der Waals surface area (Å²) in [7, 11) is 1.00. The Bertz CT molecular complexity index is 743. The van der Waals surface area contributed by atoms with Gasteiger partial charge in [-0.2, -0.15) is 0 Å². The summed E-state index contributed by atoms with van der Waals surface area (Å²) in [5, 5.41) is 31.6. The Hall–Kier alpha value is -2.38. The van der Waals surface area contributed by atoms with Gasteiger partial charge in [0.05, 0.1) is 37.8 Å². The minimum absolute atomic E-state index is 0.161. The predicted molar refractivity (Wildman–Crippen MR) is 100 cm³/mol. The quantitative estimate of drug-likeness (QED) is 0.285. The van der Waals surface area contributed by atoms with Gasteiger partial charge < -0.3 is 41.4 Å². The van der Waals surface area contributed by atoms with Gasteiger partial charge in [0.1, 0.15) is 17.9 Å². The zero-order valence-electron chi connectivity index (χ0n) is 15.6. The van der Waals surface area contributed by atoms with E-state index in [0.717, 1.165) is 7.11 Å². The SMILES string of the molecule is CO.Nc1ncnc2nc[nH]c12.O=C(NC1COCC(O)C1)[C@H]1NCCC1O. The molecule has 4 atom stereocenters. The molecule has 12 heteroatoms. The maximum atomic E-state index is 11.8. The summed E-state index contributed by atoms with van der Waals surface area (Å²) in [6.45, 7) is 1.41. The van der Waals surface area contributed by atoms with Gasteiger partial charge in [0.2, 0.25) is 5.91 Å². The summed E-state index contributed by atoms with van der Waals surface area (Å²) in [5.41, 5.74) is 6.78. The molecule has 4 heterocycles. The van der Waals surface area contributed by atoms with Crippen LogP contribution in [0.2, 0.25) is 0 Å². The van der Waals surface area contributed by atoms with Crippen LogP contribution in [-0.2, 0) is 9.53 Å². The number of aliphatic hydroxyl groups excluding tert-OH is 3. The van der Waals surface area contributed by atoms with Gasteiger partial charge in [-0.3, -0.25) is 4.79 Å². The highest BCUT2D eigenvalue weighted by molar-refractivity contribution is 5.83. The minimum Gasteiger partial charge on any atom is -0.400 e. The van der Waals surface area contributed by atoms with Crippen LogP contribution in [-0.4, -0.2) is 92.3 Å². The second-order valence-corrected chi connectivity index (χ2v) is 6.28. The van der Waals surface area contributed by atoms with Crippen LogP contribution in [0.15, 0.2) is 12.7 Å². The summed E-state index contributed by atoms with van der Waals surface area (Å²) in [4.78, 5) is 26.1. The Labute approximate surface area is 161 Å². The number of nitrogens with one attached hydrogen (secondary N) is 3. The second kappa shape index (κ2) is 10.8. The van der Waals surface area contributed by atoms with Crippen LogP contribution in [0, 0.1) is 0 Å². The fourth-order valence-electron chi connectivity index (χ4n) is 2.94. The van der Waals surface area contributed by atoms with Gasteiger partial charge >= 0.3 is 0 Å². The van der Waals surface area contributed by atoms with Crippen molar-refractivity contribution in [2.45, 2.75) is 37.1 Å². The smallest absolute Gasteiger partial charge is 0.240 e. The van der Waals surface area contributed by atoms with Crippen molar-refractivity contribution in [3.63, 3.8) is 0 Å². The van der Waals surface area contributed by atoms with Gasteiger partial charge in [-0.05, 0) is 19.4 Å². The van der Waals surface area contributed by atoms with Crippen molar-refractivity contribution in [2.75, 3.05) is 32.6 Å². The molecule has 0 bridgehead atoms. The zero-order chi connectivity index (χ0) is 20.5. The maximum Gasteiger partial charge on any atom is 0.240 e. The van der Waals surface area contributed by atoms with E-state index in [9.17, 15) is 15.0 Å². The number of nitrogens with two attached hydrogens (primary N) is 1. The van der Waals surface area contributed by atoms with E-state index in [1.165, 1.54) is 12.7 Å². The summed E-state index contributed by atoms with van der Waals surface area (Å²) < 4.78 is 5.14. The first-order valence-electron chi connectivity index (χ1n) is 8.86. The highest BCUT2D eigenvalue weighted by Gasteiger charge is 2.33. The fraction of sp³-hybridized carbons (Fsp3) is 0.625.